The van der Waals surface area contributed by atoms with Crippen molar-refractivity contribution in [1.82, 2.24) is 9.03 Å². The zero-order chi connectivity index (χ0) is 14.5. The van der Waals surface area contributed by atoms with Gasteiger partial charge in [-0.3, -0.25) is 0 Å². The Bertz CT molecular complexity index is 473. The Morgan fingerprint density at radius 1 is 1.21 bits per heavy atom. The minimum atomic E-state index is -3.21. The standard InChI is InChI=1S/C11H24N2O4S2/c1-3-10-19(16,17)13-9-5-4-6-11(13)7-8-12-18(2,14)15/h11-12H,3-10H2,1-2H3. The molecule has 19 heavy (non-hydrogen) atoms. The second-order valence-electron chi connectivity index (χ2n) is 5.03. The fraction of sp³-hybridized carbons (Fsp3) is 1.00. The molecule has 0 aromatic heterocycles. The average molecular weight is 312 g/mol. The van der Waals surface area contributed by atoms with E-state index in [9.17, 15) is 16.8 Å². The van der Waals surface area contributed by atoms with Crippen LogP contribution in [0.4, 0.5) is 0 Å². The van der Waals surface area contributed by atoms with Gasteiger partial charge in [-0.15, -0.1) is 0 Å². The van der Waals surface area contributed by atoms with Crippen LogP contribution in [0.5, 0.6) is 0 Å². The molecule has 1 unspecified atom stereocenters. The van der Waals surface area contributed by atoms with E-state index in [0.29, 0.717) is 25.9 Å². The number of hydrogen-bond donors (Lipinski definition) is 1. The van der Waals surface area contributed by atoms with Gasteiger partial charge in [0.25, 0.3) is 0 Å². The SMILES string of the molecule is CCCS(=O)(=O)N1CCCCC1CCNS(C)(=O)=O. The summed E-state index contributed by atoms with van der Waals surface area (Å²) in [6, 6.07) is -0.0699. The van der Waals surface area contributed by atoms with Crippen molar-refractivity contribution in [3.05, 3.63) is 0 Å². The van der Waals surface area contributed by atoms with E-state index in [1.807, 2.05) is 6.92 Å². The van der Waals surface area contributed by atoms with Gasteiger partial charge in [-0.05, 0) is 25.7 Å². The molecule has 1 aliphatic heterocycles. The van der Waals surface area contributed by atoms with Crippen molar-refractivity contribution in [3.8, 4) is 0 Å². The third kappa shape index (κ3) is 5.76. The summed E-state index contributed by atoms with van der Waals surface area (Å²) in [5.74, 6) is 0.170. The molecule has 0 radical (unpaired) electrons. The van der Waals surface area contributed by atoms with Gasteiger partial charge in [0, 0.05) is 19.1 Å². The smallest absolute Gasteiger partial charge is 0.214 e. The Labute approximate surface area is 116 Å². The van der Waals surface area contributed by atoms with Gasteiger partial charge in [0.05, 0.1) is 12.0 Å². The third-order valence-electron chi connectivity index (χ3n) is 3.23. The van der Waals surface area contributed by atoms with Gasteiger partial charge in [0.2, 0.25) is 20.0 Å². The van der Waals surface area contributed by atoms with Gasteiger partial charge in [-0.1, -0.05) is 13.3 Å². The van der Waals surface area contributed by atoms with Crippen molar-refractivity contribution in [2.24, 2.45) is 0 Å². The molecule has 6 nitrogen and oxygen atoms in total. The van der Waals surface area contributed by atoms with E-state index < -0.39 is 20.0 Å². The van der Waals surface area contributed by atoms with Crippen molar-refractivity contribution in [3.63, 3.8) is 0 Å². The second-order valence-corrected chi connectivity index (χ2v) is 8.91. The summed E-state index contributed by atoms with van der Waals surface area (Å²) >= 11 is 0. The molecule has 114 valence electrons. The molecule has 1 saturated heterocycles. The molecule has 1 heterocycles. The molecule has 1 fully saturated rings. The first-order valence-corrected chi connectivity index (χ1v) is 10.2. The van der Waals surface area contributed by atoms with Crippen LogP contribution < -0.4 is 4.72 Å². The summed E-state index contributed by atoms with van der Waals surface area (Å²) in [6.45, 7) is 2.70. The topological polar surface area (TPSA) is 83.6 Å². The molecule has 8 heteroatoms. The largest absolute Gasteiger partial charge is 0.215 e. The monoisotopic (exact) mass is 312 g/mol. The van der Waals surface area contributed by atoms with Gasteiger partial charge in [0.15, 0.2) is 0 Å². The van der Waals surface area contributed by atoms with Gasteiger partial charge < -0.3 is 0 Å². The number of nitrogens with zero attached hydrogens (tertiary/aromatic N) is 1. The lowest BCUT2D eigenvalue weighted by atomic mass is 10.0. The van der Waals surface area contributed by atoms with Crippen LogP contribution >= 0.6 is 0 Å². The molecule has 1 atom stereocenters. The fourth-order valence-corrected chi connectivity index (χ4v) is 4.73. The zero-order valence-electron chi connectivity index (χ0n) is 11.6. The summed E-state index contributed by atoms with van der Waals surface area (Å²) in [4.78, 5) is 0. The Hall–Kier alpha value is -0.180. The lowest BCUT2D eigenvalue weighted by Crippen LogP contribution is -2.46. The Kier molecular flexibility index (Phi) is 6.22. The normalized spacial score (nSPS) is 22.5. The highest BCUT2D eigenvalue weighted by molar-refractivity contribution is 7.89. The molecular formula is C11H24N2O4S2. The molecule has 1 aliphatic rings. The first-order chi connectivity index (χ1) is 8.76. The summed E-state index contributed by atoms with van der Waals surface area (Å²) in [5, 5.41) is 0. The minimum absolute atomic E-state index is 0.0699. The highest BCUT2D eigenvalue weighted by atomic mass is 32.2. The lowest BCUT2D eigenvalue weighted by molar-refractivity contribution is 0.242. The zero-order valence-corrected chi connectivity index (χ0v) is 13.3. The molecular weight excluding hydrogens is 288 g/mol. The van der Waals surface area contributed by atoms with Gasteiger partial charge >= 0.3 is 0 Å². The van der Waals surface area contributed by atoms with Crippen LogP contribution in [0.3, 0.4) is 0 Å². The van der Waals surface area contributed by atoms with Crippen molar-refractivity contribution in [2.45, 2.75) is 45.1 Å². The number of hydrogen-bond acceptors (Lipinski definition) is 4. The molecule has 0 aliphatic carbocycles. The number of sulfonamides is 2. The first-order valence-electron chi connectivity index (χ1n) is 6.70. The second kappa shape index (κ2) is 7.01. The molecule has 0 amide bonds. The van der Waals surface area contributed by atoms with E-state index in [1.54, 1.807) is 4.31 Å². The highest BCUT2D eigenvalue weighted by Gasteiger charge is 2.31. The van der Waals surface area contributed by atoms with E-state index >= 15 is 0 Å². The maximum absolute atomic E-state index is 12.1. The van der Waals surface area contributed by atoms with Crippen LogP contribution in [0.15, 0.2) is 0 Å². The Balaban J connectivity index is 2.63. The average Bonchev–Trinajstić information content (AvgIpc) is 2.27. The number of nitrogens with one attached hydrogen (secondary N) is 1. The van der Waals surface area contributed by atoms with E-state index in [2.05, 4.69) is 4.72 Å². The van der Waals surface area contributed by atoms with Crippen LogP contribution in [0.25, 0.3) is 0 Å². The lowest BCUT2D eigenvalue weighted by Gasteiger charge is -2.34. The maximum atomic E-state index is 12.1. The predicted molar refractivity (Wildman–Crippen MR) is 75.9 cm³/mol. The molecule has 1 rings (SSSR count). The van der Waals surface area contributed by atoms with Gasteiger partial charge in [-0.25, -0.2) is 21.6 Å². The molecule has 0 bridgehead atoms. The van der Waals surface area contributed by atoms with Crippen molar-refractivity contribution < 1.29 is 16.8 Å². The molecule has 0 aromatic carbocycles. The Morgan fingerprint density at radius 2 is 1.89 bits per heavy atom. The molecule has 0 spiro atoms. The number of rotatable bonds is 7. The summed E-state index contributed by atoms with van der Waals surface area (Å²) in [7, 11) is -6.40. The summed E-state index contributed by atoms with van der Waals surface area (Å²) < 4.78 is 50.3. The van der Waals surface area contributed by atoms with E-state index in [0.717, 1.165) is 25.5 Å². The summed E-state index contributed by atoms with van der Waals surface area (Å²) in [5.41, 5.74) is 0. The third-order valence-corrected chi connectivity index (χ3v) is 6.08. The fourth-order valence-electron chi connectivity index (χ4n) is 2.41. The van der Waals surface area contributed by atoms with Crippen LogP contribution in [0, 0.1) is 0 Å². The minimum Gasteiger partial charge on any atom is -0.215 e. The van der Waals surface area contributed by atoms with Crippen LogP contribution in [-0.2, 0) is 20.0 Å². The summed E-state index contributed by atoms with van der Waals surface area (Å²) in [6.07, 6.45) is 4.96. The highest BCUT2D eigenvalue weighted by Crippen LogP contribution is 2.23. The molecule has 1 N–H and O–H groups in total. The van der Waals surface area contributed by atoms with Crippen LogP contribution in [-0.4, -0.2) is 52.3 Å². The number of piperidine rings is 1. The molecule has 0 aromatic rings. The van der Waals surface area contributed by atoms with Crippen LogP contribution in [0.2, 0.25) is 0 Å². The van der Waals surface area contributed by atoms with E-state index in [4.69, 9.17) is 0 Å². The predicted octanol–water partition coefficient (Wildman–Crippen LogP) is 0.520. The van der Waals surface area contributed by atoms with Crippen molar-refractivity contribution >= 4 is 20.0 Å². The van der Waals surface area contributed by atoms with E-state index in [-0.39, 0.29) is 11.8 Å². The van der Waals surface area contributed by atoms with Gasteiger partial charge in [0.1, 0.15) is 0 Å². The van der Waals surface area contributed by atoms with Crippen molar-refractivity contribution in [2.75, 3.05) is 25.1 Å². The Morgan fingerprint density at radius 3 is 2.47 bits per heavy atom. The van der Waals surface area contributed by atoms with Crippen LogP contribution in [0.1, 0.15) is 39.0 Å². The van der Waals surface area contributed by atoms with E-state index in [1.165, 1.54) is 0 Å². The molecule has 0 saturated carbocycles. The van der Waals surface area contributed by atoms with Crippen molar-refractivity contribution in [1.29, 1.82) is 0 Å². The van der Waals surface area contributed by atoms with Gasteiger partial charge in [-0.2, -0.15) is 4.31 Å². The quantitative estimate of drug-likeness (QED) is 0.743. The first kappa shape index (κ1) is 16.9. The maximum Gasteiger partial charge on any atom is 0.214 e.